The first-order valence-corrected chi connectivity index (χ1v) is 15.8. The highest BCUT2D eigenvalue weighted by Crippen LogP contribution is 2.35. The molecule has 0 spiro atoms. The number of benzene rings is 3. The van der Waals surface area contributed by atoms with Crippen LogP contribution in [0.5, 0.6) is 0 Å². The van der Waals surface area contributed by atoms with E-state index < -0.39 is 0 Å². The van der Waals surface area contributed by atoms with Gasteiger partial charge in [0.1, 0.15) is 4.70 Å². The second kappa shape index (κ2) is 10.3. The van der Waals surface area contributed by atoms with Gasteiger partial charge in [-0.3, -0.25) is 13.9 Å². The zero-order valence-corrected chi connectivity index (χ0v) is 25.8. The smallest absolute Gasteiger partial charge is 0.275 e. The van der Waals surface area contributed by atoms with E-state index in [0.717, 1.165) is 39.0 Å². The molecule has 196 valence electrons. The number of nitrogens with zero attached hydrogens (tertiary/aromatic N) is 3. The van der Waals surface area contributed by atoms with Gasteiger partial charge in [-0.2, -0.15) is 0 Å². The average Bonchev–Trinajstić information content (AvgIpc) is 3.44. The summed E-state index contributed by atoms with van der Waals surface area (Å²) in [5.41, 5.74) is 7.74. The number of para-hydroxylation sites is 2. The monoisotopic (exact) mass is 605 g/mol. The van der Waals surface area contributed by atoms with E-state index in [1.807, 2.05) is 54.8 Å². The molecule has 3 heterocycles. The van der Waals surface area contributed by atoms with Gasteiger partial charge in [-0.05, 0) is 96.7 Å². The number of hydrogen-bond acceptors (Lipinski definition) is 6. The van der Waals surface area contributed by atoms with Crippen LogP contribution in [0.1, 0.15) is 27.8 Å². The fraction of sp³-hybridized carbons (Fsp3) is 0.167. The fourth-order valence-corrected chi connectivity index (χ4v) is 8.53. The maximum absolute atomic E-state index is 14.3. The number of halogens is 1. The molecule has 4 nitrogen and oxygen atoms in total. The summed E-state index contributed by atoms with van der Waals surface area (Å²) in [4.78, 5) is 19.5. The number of aromatic nitrogens is 3. The van der Waals surface area contributed by atoms with Crippen LogP contribution < -0.4 is 5.56 Å². The van der Waals surface area contributed by atoms with Gasteiger partial charge in [-0.1, -0.05) is 71.1 Å². The fourth-order valence-electron chi connectivity index (χ4n) is 5.05. The lowest BCUT2D eigenvalue weighted by molar-refractivity contribution is 0.801. The van der Waals surface area contributed by atoms with E-state index >= 15 is 0 Å². The van der Waals surface area contributed by atoms with Crippen molar-refractivity contribution in [3.05, 3.63) is 107 Å². The molecule has 0 aliphatic rings. The Morgan fingerprint density at radius 3 is 2.18 bits per heavy atom. The van der Waals surface area contributed by atoms with Crippen LogP contribution >= 0.6 is 58.3 Å². The average molecular weight is 606 g/mol. The predicted octanol–water partition coefficient (Wildman–Crippen LogP) is 9.36. The molecule has 3 aromatic carbocycles. The third-order valence-corrected chi connectivity index (χ3v) is 10.5. The lowest BCUT2D eigenvalue weighted by Crippen LogP contribution is -2.23. The van der Waals surface area contributed by atoms with Gasteiger partial charge in [0.25, 0.3) is 5.56 Å². The molecular weight excluding hydrogens is 582 g/mol. The van der Waals surface area contributed by atoms with Crippen LogP contribution in [0.25, 0.3) is 31.8 Å². The predicted molar refractivity (Wildman–Crippen MR) is 171 cm³/mol. The number of rotatable bonds is 5. The maximum atomic E-state index is 14.3. The van der Waals surface area contributed by atoms with Crippen LogP contribution in [-0.4, -0.2) is 14.1 Å². The molecule has 39 heavy (non-hydrogen) atoms. The minimum Gasteiger partial charge on any atom is -0.275 e. The second-order valence-corrected chi connectivity index (χ2v) is 13.5. The molecule has 0 saturated carbocycles. The molecular formula is C30H24ClN3OS4. The van der Waals surface area contributed by atoms with Gasteiger partial charge in [0.15, 0.2) is 14.8 Å². The van der Waals surface area contributed by atoms with Gasteiger partial charge in [-0.15, -0.1) is 11.3 Å². The third kappa shape index (κ3) is 4.58. The Morgan fingerprint density at radius 1 is 0.923 bits per heavy atom. The molecule has 0 saturated heterocycles. The lowest BCUT2D eigenvalue weighted by Gasteiger charge is -2.17. The highest BCUT2D eigenvalue weighted by atomic mass is 35.5. The number of fused-ring (bicyclic) bond motifs is 2. The van der Waals surface area contributed by atoms with E-state index in [1.54, 1.807) is 27.7 Å². The van der Waals surface area contributed by atoms with E-state index in [1.165, 1.54) is 21.6 Å². The van der Waals surface area contributed by atoms with Crippen molar-refractivity contribution in [2.45, 2.75) is 38.6 Å². The molecule has 0 aliphatic carbocycles. The standard InChI is InChI=1S/C30H24ClN3OS4/c1-16-7-5-8-17(2)24(16)33-27-26(39-30(33)36)28(35)34(25-18(3)9-6-10-19(25)4)29(32-27)38-15-20-14-37-23-12-11-21(31)13-22(20)23/h5-14H,15H2,1-4H3. The van der Waals surface area contributed by atoms with Gasteiger partial charge in [0, 0.05) is 15.5 Å². The van der Waals surface area contributed by atoms with E-state index in [2.05, 4.69) is 37.4 Å². The highest BCUT2D eigenvalue weighted by Gasteiger charge is 2.22. The Labute approximate surface area is 248 Å². The Morgan fingerprint density at radius 2 is 1.54 bits per heavy atom. The van der Waals surface area contributed by atoms with Gasteiger partial charge >= 0.3 is 0 Å². The molecule has 0 N–H and O–H groups in total. The summed E-state index contributed by atoms with van der Waals surface area (Å²) >= 11 is 16.7. The van der Waals surface area contributed by atoms with Crippen molar-refractivity contribution in [3.8, 4) is 11.4 Å². The number of thiophene rings is 1. The Bertz CT molecular complexity index is 1990. The van der Waals surface area contributed by atoms with Crippen LogP contribution in [0.15, 0.2) is 69.9 Å². The zero-order valence-electron chi connectivity index (χ0n) is 21.7. The van der Waals surface area contributed by atoms with Crippen LogP contribution in [0, 0.1) is 31.6 Å². The summed E-state index contributed by atoms with van der Waals surface area (Å²) in [5.74, 6) is 0.650. The Hall–Kier alpha value is -2.75. The molecule has 6 rings (SSSR count). The van der Waals surface area contributed by atoms with Crippen molar-refractivity contribution in [3.63, 3.8) is 0 Å². The molecule has 0 aliphatic heterocycles. The van der Waals surface area contributed by atoms with Gasteiger partial charge < -0.3 is 0 Å². The number of hydrogen-bond donors (Lipinski definition) is 0. The quantitative estimate of drug-likeness (QED) is 0.111. The van der Waals surface area contributed by atoms with Crippen LogP contribution in [-0.2, 0) is 5.75 Å². The minimum atomic E-state index is -0.0980. The minimum absolute atomic E-state index is 0.0980. The normalized spacial score (nSPS) is 11.6. The Balaban J connectivity index is 1.61. The zero-order chi connectivity index (χ0) is 27.4. The number of aryl methyl sites for hydroxylation is 4. The van der Waals surface area contributed by atoms with Crippen molar-refractivity contribution >= 4 is 78.7 Å². The molecule has 0 fully saturated rings. The molecule has 6 aromatic rings. The van der Waals surface area contributed by atoms with E-state index in [0.29, 0.717) is 30.2 Å². The number of thiazole rings is 1. The van der Waals surface area contributed by atoms with Crippen LogP contribution in [0.3, 0.4) is 0 Å². The molecule has 0 unspecified atom stereocenters. The first-order valence-electron chi connectivity index (χ1n) is 12.3. The largest absolute Gasteiger partial charge is 0.278 e. The molecule has 9 heteroatoms. The molecule has 0 atom stereocenters. The maximum Gasteiger partial charge on any atom is 0.278 e. The first kappa shape index (κ1) is 26.5. The summed E-state index contributed by atoms with van der Waals surface area (Å²) < 4.78 is 6.11. The topological polar surface area (TPSA) is 39.8 Å². The van der Waals surface area contributed by atoms with E-state index in [-0.39, 0.29) is 5.56 Å². The lowest BCUT2D eigenvalue weighted by atomic mass is 10.1. The SMILES string of the molecule is Cc1cccc(C)c1-n1c(SCc2csc3ccc(Cl)cc23)nc2c(sc(=S)n2-c2c(C)cccc2C)c1=O. The molecule has 0 bridgehead atoms. The number of thioether (sulfide) groups is 1. The van der Waals surface area contributed by atoms with Crippen LogP contribution in [0.2, 0.25) is 5.02 Å². The van der Waals surface area contributed by atoms with Gasteiger partial charge in [0.05, 0.1) is 11.4 Å². The van der Waals surface area contributed by atoms with Gasteiger partial charge in [0.2, 0.25) is 0 Å². The van der Waals surface area contributed by atoms with Crippen molar-refractivity contribution in [2.75, 3.05) is 0 Å². The van der Waals surface area contributed by atoms with Crippen molar-refractivity contribution in [2.24, 2.45) is 0 Å². The molecule has 3 aromatic heterocycles. The summed E-state index contributed by atoms with van der Waals surface area (Å²) in [6, 6.07) is 18.2. The van der Waals surface area contributed by atoms with E-state index in [4.69, 9.17) is 28.8 Å². The summed E-state index contributed by atoms with van der Waals surface area (Å²) in [6.45, 7) is 8.19. The van der Waals surface area contributed by atoms with Gasteiger partial charge in [-0.25, -0.2) is 4.98 Å². The molecule has 0 amide bonds. The first-order chi connectivity index (χ1) is 18.7. The highest BCUT2D eigenvalue weighted by molar-refractivity contribution is 7.98. The van der Waals surface area contributed by atoms with Crippen molar-refractivity contribution < 1.29 is 0 Å². The van der Waals surface area contributed by atoms with Crippen LogP contribution in [0.4, 0.5) is 0 Å². The summed E-state index contributed by atoms with van der Waals surface area (Å²) in [5, 5.41) is 4.65. The third-order valence-electron chi connectivity index (χ3n) is 6.88. The van der Waals surface area contributed by atoms with E-state index in [9.17, 15) is 4.79 Å². The second-order valence-electron chi connectivity index (χ2n) is 9.56. The van der Waals surface area contributed by atoms with Crippen molar-refractivity contribution in [1.82, 2.24) is 14.1 Å². The summed E-state index contributed by atoms with van der Waals surface area (Å²) in [7, 11) is 0. The van der Waals surface area contributed by atoms with Crippen molar-refractivity contribution in [1.29, 1.82) is 0 Å². The Kier molecular flexibility index (Phi) is 7.02. The molecule has 0 radical (unpaired) electrons. The summed E-state index contributed by atoms with van der Waals surface area (Å²) in [6.07, 6.45) is 0.